The highest BCUT2D eigenvalue weighted by Crippen LogP contribution is 2.23. The van der Waals surface area contributed by atoms with Crippen LogP contribution in [-0.2, 0) is 6.54 Å². The molecule has 20 heavy (non-hydrogen) atoms. The van der Waals surface area contributed by atoms with E-state index in [9.17, 15) is 5.11 Å². The van der Waals surface area contributed by atoms with Crippen LogP contribution in [-0.4, -0.2) is 12.2 Å². The number of ether oxygens (including phenoxy) is 1. The topological polar surface area (TPSA) is 41.5 Å². The van der Waals surface area contributed by atoms with Crippen molar-refractivity contribution in [2.24, 2.45) is 0 Å². The fourth-order valence-electron chi connectivity index (χ4n) is 1.97. The second-order valence-corrected chi connectivity index (χ2v) is 5.56. The van der Waals surface area contributed by atoms with Gasteiger partial charge in [-0.15, -0.1) is 0 Å². The van der Waals surface area contributed by atoms with Gasteiger partial charge in [0.2, 0.25) is 0 Å². The second-order valence-electron chi connectivity index (χ2n) is 4.65. The fraction of sp³-hybridized carbons (Fsp3) is 0.250. The van der Waals surface area contributed by atoms with Crippen LogP contribution >= 0.6 is 15.9 Å². The lowest BCUT2D eigenvalue weighted by atomic mass is 10.1. The predicted molar refractivity (Wildman–Crippen MR) is 84.1 cm³/mol. The Balaban J connectivity index is 2.00. The summed E-state index contributed by atoms with van der Waals surface area (Å²) in [5, 5.41) is 13.2. The third-order valence-corrected chi connectivity index (χ3v) is 3.75. The predicted octanol–water partition coefficient (Wildman–Crippen LogP) is 4.01. The molecule has 1 atom stereocenters. The van der Waals surface area contributed by atoms with E-state index in [1.807, 2.05) is 36.4 Å². The minimum absolute atomic E-state index is 0.194. The Morgan fingerprint density at radius 3 is 2.55 bits per heavy atom. The number of nitrogens with one attached hydrogen (secondary N) is 1. The van der Waals surface area contributed by atoms with Gasteiger partial charge in [0.05, 0.1) is 7.11 Å². The Bertz CT molecular complexity index is 569. The molecule has 0 fully saturated rings. The maximum absolute atomic E-state index is 9.81. The van der Waals surface area contributed by atoms with Gasteiger partial charge in [-0.1, -0.05) is 28.1 Å². The average Bonchev–Trinajstić information content (AvgIpc) is 2.48. The zero-order valence-electron chi connectivity index (χ0n) is 11.6. The number of hydrogen-bond donors (Lipinski definition) is 2. The van der Waals surface area contributed by atoms with Crippen molar-refractivity contribution < 1.29 is 9.84 Å². The van der Waals surface area contributed by atoms with Crippen LogP contribution in [0.3, 0.4) is 0 Å². The molecule has 0 heterocycles. The molecule has 0 unspecified atom stereocenters. The highest BCUT2D eigenvalue weighted by atomic mass is 79.9. The van der Waals surface area contributed by atoms with E-state index in [0.717, 1.165) is 15.8 Å². The molecule has 0 radical (unpaired) electrons. The largest absolute Gasteiger partial charge is 0.508 e. The molecule has 0 aromatic heterocycles. The van der Waals surface area contributed by atoms with E-state index in [0.29, 0.717) is 12.3 Å². The molecular weight excluding hydrogens is 318 g/mol. The minimum atomic E-state index is 0.194. The number of benzene rings is 2. The molecule has 0 saturated heterocycles. The first-order valence-corrected chi connectivity index (χ1v) is 7.24. The summed E-state index contributed by atoms with van der Waals surface area (Å²) in [6.07, 6.45) is 0. The van der Waals surface area contributed by atoms with Gasteiger partial charge in [-0.3, -0.25) is 0 Å². The Labute approximate surface area is 127 Å². The van der Waals surface area contributed by atoms with E-state index in [1.54, 1.807) is 13.2 Å². The van der Waals surface area contributed by atoms with E-state index in [4.69, 9.17) is 4.74 Å². The zero-order chi connectivity index (χ0) is 14.5. The normalized spacial score (nSPS) is 12.2. The Hall–Kier alpha value is -1.52. The van der Waals surface area contributed by atoms with Gasteiger partial charge < -0.3 is 15.2 Å². The summed E-state index contributed by atoms with van der Waals surface area (Å²) < 4.78 is 6.11. The van der Waals surface area contributed by atoms with Crippen molar-refractivity contribution in [3.63, 3.8) is 0 Å². The Kier molecular flexibility index (Phi) is 5.04. The van der Waals surface area contributed by atoms with Crippen LogP contribution in [0.25, 0.3) is 0 Å². The summed E-state index contributed by atoms with van der Waals surface area (Å²) in [6.45, 7) is 2.70. The van der Waals surface area contributed by atoms with Gasteiger partial charge in [-0.05, 0) is 42.8 Å². The van der Waals surface area contributed by atoms with Crippen LogP contribution in [0.4, 0.5) is 0 Å². The summed E-state index contributed by atoms with van der Waals surface area (Å²) >= 11 is 3.41. The highest BCUT2D eigenvalue weighted by Gasteiger charge is 2.07. The monoisotopic (exact) mass is 335 g/mol. The number of phenols is 1. The molecule has 0 saturated carbocycles. The molecule has 2 rings (SSSR count). The number of halogens is 1. The number of aromatic hydroxyl groups is 1. The SMILES string of the molecule is COc1ccc([C@H](C)NCc2cc(Br)ccc2O)cc1. The van der Waals surface area contributed by atoms with E-state index in [-0.39, 0.29) is 6.04 Å². The molecule has 0 aliphatic rings. The van der Waals surface area contributed by atoms with Crippen molar-refractivity contribution in [2.45, 2.75) is 19.5 Å². The van der Waals surface area contributed by atoms with Gasteiger partial charge in [0.25, 0.3) is 0 Å². The van der Waals surface area contributed by atoms with Crippen molar-refractivity contribution in [3.05, 3.63) is 58.1 Å². The zero-order valence-corrected chi connectivity index (χ0v) is 13.1. The summed E-state index contributed by atoms with van der Waals surface area (Å²) in [7, 11) is 1.66. The van der Waals surface area contributed by atoms with Gasteiger partial charge in [0.15, 0.2) is 0 Å². The molecule has 0 amide bonds. The van der Waals surface area contributed by atoms with Gasteiger partial charge in [0, 0.05) is 22.6 Å². The molecule has 2 aromatic rings. The number of hydrogen-bond acceptors (Lipinski definition) is 3. The maximum atomic E-state index is 9.81. The van der Waals surface area contributed by atoms with E-state index in [2.05, 4.69) is 28.2 Å². The standard InChI is InChI=1S/C16H18BrNO2/c1-11(12-3-6-15(20-2)7-4-12)18-10-13-9-14(17)5-8-16(13)19/h3-9,11,18-19H,10H2,1-2H3/t11-/m0/s1. The third kappa shape index (κ3) is 3.74. The maximum Gasteiger partial charge on any atom is 0.120 e. The van der Waals surface area contributed by atoms with Gasteiger partial charge >= 0.3 is 0 Å². The van der Waals surface area contributed by atoms with Crippen LogP contribution in [0.2, 0.25) is 0 Å². The second kappa shape index (κ2) is 6.77. The van der Waals surface area contributed by atoms with Gasteiger partial charge in [-0.2, -0.15) is 0 Å². The summed E-state index contributed by atoms with van der Waals surface area (Å²) in [4.78, 5) is 0. The minimum Gasteiger partial charge on any atom is -0.508 e. The lowest BCUT2D eigenvalue weighted by molar-refractivity contribution is 0.414. The van der Waals surface area contributed by atoms with Crippen molar-refractivity contribution in [1.82, 2.24) is 5.32 Å². The lowest BCUT2D eigenvalue weighted by Crippen LogP contribution is -2.18. The van der Waals surface area contributed by atoms with Gasteiger partial charge in [-0.25, -0.2) is 0 Å². The van der Waals surface area contributed by atoms with E-state index < -0.39 is 0 Å². The summed E-state index contributed by atoms with van der Waals surface area (Å²) in [5.41, 5.74) is 2.06. The summed E-state index contributed by atoms with van der Waals surface area (Å²) in [5.74, 6) is 1.16. The fourth-order valence-corrected chi connectivity index (χ4v) is 2.38. The van der Waals surface area contributed by atoms with E-state index in [1.165, 1.54) is 5.56 Å². The smallest absolute Gasteiger partial charge is 0.120 e. The van der Waals surface area contributed by atoms with E-state index >= 15 is 0 Å². The van der Waals surface area contributed by atoms with Crippen LogP contribution in [0, 0.1) is 0 Å². The van der Waals surface area contributed by atoms with Crippen LogP contribution in [0.15, 0.2) is 46.9 Å². The number of rotatable bonds is 5. The Morgan fingerprint density at radius 1 is 1.20 bits per heavy atom. The molecule has 3 nitrogen and oxygen atoms in total. The highest BCUT2D eigenvalue weighted by molar-refractivity contribution is 9.10. The van der Waals surface area contributed by atoms with Gasteiger partial charge in [0.1, 0.15) is 11.5 Å². The number of methoxy groups -OCH3 is 1. The molecule has 4 heteroatoms. The molecule has 106 valence electrons. The van der Waals surface area contributed by atoms with Crippen molar-refractivity contribution in [1.29, 1.82) is 0 Å². The molecule has 0 aliphatic carbocycles. The third-order valence-electron chi connectivity index (χ3n) is 3.26. The Morgan fingerprint density at radius 2 is 1.90 bits per heavy atom. The first-order chi connectivity index (χ1) is 9.60. The van der Waals surface area contributed by atoms with Crippen LogP contribution in [0.1, 0.15) is 24.1 Å². The average molecular weight is 336 g/mol. The summed E-state index contributed by atoms with van der Waals surface area (Å²) in [6, 6.07) is 13.6. The molecule has 2 N–H and O–H groups in total. The van der Waals surface area contributed by atoms with Crippen LogP contribution < -0.4 is 10.1 Å². The molecular formula is C16H18BrNO2. The quantitative estimate of drug-likeness (QED) is 0.867. The van der Waals surface area contributed by atoms with Crippen molar-refractivity contribution in [3.8, 4) is 11.5 Å². The molecule has 0 spiro atoms. The first-order valence-electron chi connectivity index (χ1n) is 6.45. The van der Waals surface area contributed by atoms with Crippen LogP contribution in [0.5, 0.6) is 11.5 Å². The number of phenolic OH excluding ortho intramolecular Hbond substituents is 1. The van der Waals surface area contributed by atoms with Crippen molar-refractivity contribution in [2.75, 3.05) is 7.11 Å². The first kappa shape index (κ1) is 14.9. The molecule has 0 aliphatic heterocycles. The lowest BCUT2D eigenvalue weighted by Gasteiger charge is -2.15. The molecule has 0 bridgehead atoms. The van der Waals surface area contributed by atoms with Crippen molar-refractivity contribution >= 4 is 15.9 Å². The molecule has 2 aromatic carbocycles.